The van der Waals surface area contributed by atoms with Crippen LogP contribution in [-0.4, -0.2) is 33.4 Å². The number of nitrogens with zero attached hydrogens (tertiary/aromatic N) is 1. The number of fused-ring (bicyclic) bond motifs is 1. The number of amides is 1. The minimum atomic E-state index is -1.34. The van der Waals surface area contributed by atoms with Crippen LogP contribution in [0.1, 0.15) is 33.1 Å². The van der Waals surface area contributed by atoms with Crippen molar-refractivity contribution in [2.75, 3.05) is 6.54 Å². The first-order chi connectivity index (χ1) is 10.9. The lowest BCUT2D eigenvalue weighted by Gasteiger charge is -2.35. The molecule has 2 aromatic rings. The molecule has 0 aliphatic carbocycles. The molecule has 3 rings (SSSR count). The highest BCUT2D eigenvalue weighted by atomic mass is 19.2. The zero-order valence-electron chi connectivity index (χ0n) is 12.3. The van der Waals surface area contributed by atoms with Crippen molar-refractivity contribution in [3.05, 3.63) is 58.4 Å². The number of halogens is 2. The first-order valence-electron chi connectivity index (χ1n) is 7.05. The lowest BCUT2D eigenvalue weighted by molar-refractivity contribution is -0.143. The summed E-state index contributed by atoms with van der Waals surface area (Å²) in [5, 5.41) is 9.51. The maximum Gasteiger partial charge on any atom is 0.331 e. The summed E-state index contributed by atoms with van der Waals surface area (Å²) in [6, 6.07) is 0.783. The van der Waals surface area contributed by atoms with Gasteiger partial charge in [-0.3, -0.25) is 4.79 Å². The molecule has 2 N–H and O–H groups in total. The van der Waals surface area contributed by atoms with Gasteiger partial charge in [-0.15, -0.1) is 0 Å². The van der Waals surface area contributed by atoms with Crippen LogP contribution in [0.25, 0.3) is 0 Å². The maximum absolute atomic E-state index is 13.9. The number of carbonyl (C=O) groups excluding carboxylic acids is 1. The van der Waals surface area contributed by atoms with E-state index in [2.05, 4.69) is 4.98 Å². The molecule has 1 atom stereocenters. The first-order valence-corrected chi connectivity index (χ1v) is 7.05. The zero-order valence-corrected chi connectivity index (χ0v) is 12.3. The van der Waals surface area contributed by atoms with Gasteiger partial charge in [0.25, 0.3) is 5.91 Å². The largest absolute Gasteiger partial charge is 0.479 e. The summed E-state index contributed by atoms with van der Waals surface area (Å²) in [4.78, 5) is 28.3. The van der Waals surface area contributed by atoms with Crippen molar-refractivity contribution in [3.63, 3.8) is 0 Å². The van der Waals surface area contributed by atoms with Gasteiger partial charge in [0.05, 0.1) is 5.56 Å². The maximum atomic E-state index is 13.9. The lowest BCUT2D eigenvalue weighted by atomic mass is 9.91. The molecule has 0 spiro atoms. The number of benzene rings is 1. The van der Waals surface area contributed by atoms with Crippen LogP contribution in [0.3, 0.4) is 0 Å². The summed E-state index contributed by atoms with van der Waals surface area (Å²) in [6.45, 7) is 1.74. The van der Waals surface area contributed by atoms with Crippen molar-refractivity contribution in [1.82, 2.24) is 9.88 Å². The van der Waals surface area contributed by atoms with Crippen molar-refractivity contribution in [2.45, 2.75) is 19.4 Å². The Kier molecular flexibility index (Phi) is 3.63. The van der Waals surface area contributed by atoms with E-state index in [0.29, 0.717) is 11.1 Å². The van der Waals surface area contributed by atoms with E-state index in [1.165, 1.54) is 17.2 Å². The number of aromatic amines is 1. The molecule has 23 heavy (non-hydrogen) atoms. The van der Waals surface area contributed by atoms with Crippen LogP contribution in [0.15, 0.2) is 24.5 Å². The van der Waals surface area contributed by atoms with Gasteiger partial charge in [0.1, 0.15) is 0 Å². The van der Waals surface area contributed by atoms with Crippen LogP contribution >= 0.6 is 0 Å². The van der Waals surface area contributed by atoms with E-state index in [4.69, 9.17) is 0 Å². The van der Waals surface area contributed by atoms with Crippen LogP contribution in [-0.2, 0) is 11.2 Å². The van der Waals surface area contributed by atoms with Gasteiger partial charge < -0.3 is 15.0 Å². The van der Waals surface area contributed by atoms with Crippen LogP contribution in [0.5, 0.6) is 0 Å². The number of carboxylic acids is 1. The third kappa shape index (κ3) is 2.38. The number of aryl methyl sites for hydroxylation is 1. The molecule has 1 aliphatic rings. The van der Waals surface area contributed by atoms with E-state index in [1.807, 2.05) is 0 Å². The molecule has 120 valence electrons. The number of carbonyl (C=O) groups is 2. The predicted octanol–water partition coefficient (Wildman–Crippen LogP) is 2.43. The second kappa shape index (κ2) is 5.49. The average molecular weight is 320 g/mol. The number of rotatable bonds is 2. The molecule has 1 amide bonds. The summed E-state index contributed by atoms with van der Waals surface area (Å²) >= 11 is 0. The summed E-state index contributed by atoms with van der Waals surface area (Å²) in [7, 11) is 0. The van der Waals surface area contributed by atoms with Crippen molar-refractivity contribution < 1.29 is 23.5 Å². The summed E-state index contributed by atoms with van der Waals surface area (Å²) < 4.78 is 27.3. The average Bonchev–Trinajstić information content (AvgIpc) is 2.95. The van der Waals surface area contributed by atoms with E-state index in [9.17, 15) is 23.5 Å². The summed E-state index contributed by atoms with van der Waals surface area (Å²) in [5.74, 6) is -3.79. The van der Waals surface area contributed by atoms with Crippen molar-refractivity contribution >= 4 is 11.9 Å². The van der Waals surface area contributed by atoms with Gasteiger partial charge in [-0.1, -0.05) is 6.07 Å². The Bertz CT molecular complexity index is 801. The number of carboxylic acid groups (broad SMARTS) is 1. The Balaban J connectivity index is 2.07. The molecule has 5 nitrogen and oxygen atoms in total. The molecule has 1 aliphatic heterocycles. The quantitative estimate of drug-likeness (QED) is 0.892. The summed E-state index contributed by atoms with van der Waals surface area (Å²) in [5.41, 5.74) is 1.19. The number of H-pyrrole nitrogens is 1. The normalized spacial score (nSPS) is 17.0. The number of hydrogen-bond acceptors (Lipinski definition) is 2. The van der Waals surface area contributed by atoms with E-state index >= 15 is 0 Å². The van der Waals surface area contributed by atoms with Crippen molar-refractivity contribution in [1.29, 1.82) is 0 Å². The summed E-state index contributed by atoms with van der Waals surface area (Å²) in [6.07, 6.45) is 3.20. The van der Waals surface area contributed by atoms with Crippen molar-refractivity contribution in [3.8, 4) is 0 Å². The molecule has 1 aromatic carbocycles. The van der Waals surface area contributed by atoms with E-state index in [-0.39, 0.29) is 24.1 Å². The monoisotopic (exact) mass is 320 g/mol. The zero-order chi connectivity index (χ0) is 16.7. The van der Waals surface area contributed by atoms with Crippen LogP contribution in [0, 0.1) is 18.6 Å². The standard InChI is InChI=1S/C16H14F2N2O3/c1-8-6-19-7-11(8)15(21)20-5-4-9-10(14(20)16(22)23)2-3-12(17)13(9)18/h2-3,6-7,14,19H,4-5H2,1H3,(H,22,23). The molecule has 1 aromatic heterocycles. The van der Waals surface area contributed by atoms with Crippen LogP contribution < -0.4 is 0 Å². The number of nitrogens with one attached hydrogen (secondary N) is 1. The molecule has 0 fully saturated rings. The highest BCUT2D eigenvalue weighted by Gasteiger charge is 2.38. The molecule has 7 heteroatoms. The Morgan fingerprint density at radius 3 is 2.65 bits per heavy atom. The Labute approximate surface area is 130 Å². The van der Waals surface area contributed by atoms with E-state index < -0.39 is 29.6 Å². The fourth-order valence-electron chi connectivity index (χ4n) is 2.96. The lowest BCUT2D eigenvalue weighted by Crippen LogP contribution is -2.44. The molecular weight excluding hydrogens is 306 g/mol. The molecular formula is C16H14F2N2O3. The van der Waals surface area contributed by atoms with Crippen molar-refractivity contribution in [2.24, 2.45) is 0 Å². The molecule has 0 saturated carbocycles. The second-order valence-electron chi connectivity index (χ2n) is 5.47. The van der Waals surface area contributed by atoms with Crippen LogP contribution in [0.2, 0.25) is 0 Å². The fourth-order valence-corrected chi connectivity index (χ4v) is 2.96. The van der Waals surface area contributed by atoms with Gasteiger partial charge in [0, 0.05) is 18.9 Å². The number of aromatic nitrogens is 1. The van der Waals surface area contributed by atoms with Gasteiger partial charge in [-0.25, -0.2) is 13.6 Å². The van der Waals surface area contributed by atoms with E-state index in [1.54, 1.807) is 13.1 Å². The molecule has 0 saturated heterocycles. The number of aliphatic carboxylic acids is 1. The minimum Gasteiger partial charge on any atom is -0.479 e. The van der Waals surface area contributed by atoms with Gasteiger partial charge in [-0.05, 0) is 36.1 Å². The molecule has 0 bridgehead atoms. The molecule has 2 heterocycles. The molecule has 1 unspecified atom stereocenters. The second-order valence-corrected chi connectivity index (χ2v) is 5.47. The Morgan fingerprint density at radius 1 is 1.30 bits per heavy atom. The molecule has 0 radical (unpaired) electrons. The van der Waals surface area contributed by atoms with Gasteiger partial charge in [-0.2, -0.15) is 0 Å². The SMILES string of the molecule is Cc1c[nH]cc1C(=O)N1CCc2c(ccc(F)c2F)C1C(=O)O. The Morgan fingerprint density at radius 2 is 2.04 bits per heavy atom. The van der Waals surface area contributed by atoms with E-state index in [0.717, 1.165) is 6.07 Å². The van der Waals surface area contributed by atoms with Gasteiger partial charge >= 0.3 is 5.97 Å². The highest BCUT2D eigenvalue weighted by Crippen LogP contribution is 2.33. The fraction of sp³-hybridized carbons (Fsp3) is 0.250. The smallest absolute Gasteiger partial charge is 0.331 e. The predicted molar refractivity (Wildman–Crippen MR) is 77.0 cm³/mol. The number of hydrogen-bond donors (Lipinski definition) is 2. The van der Waals surface area contributed by atoms with Gasteiger partial charge in [0.2, 0.25) is 0 Å². The third-order valence-electron chi connectivity index (χ3n) is 4.12. The highest BCUT2D eigenvalue weighted by molar-refractivity contribution is 5.98. The topological polar surface area (TPSA) is 73.4 Å². The van der Waals surface area contributed by atoms with Crippen LogP contribution in [0.4, 0.5) is 8.78 Å². The first kappa shape index (κ1) is 15.2. The van der Waals surface area contributed by atoms with Gasteiger partial charge in [0.15, 0.2) is 17.7 Å². The minimum absolute atomic E-state index is 0.00773. The third-order valence-corrected chi connectivity index (χ3v) is 4.12. The Hall–Kier alpha value is -2.70.